The second-order valence-corrected chi connectivity index (χ2v) is 5.63. The first-order chi connectivity index (χ1) is 10.0. The Balaban J connectivity index is 2.41. The number of hydrogen-bond acceptors (Lipinski definition) is 4. The number of benzene rings is 2. The molecule has 0 bridgehead atoms. The van der Waals surface area contributed by atoms with Gasteiger partial charge in [-0.05, 0) is 17.7 Å². The number of nitro groups is 1. The fourth-order valence-corrected chi connectivity index (χ4v) is 3.05. The van der Waals surface area contributed by atoms with E-state index in [1.807, 2.05) is 0 Å². The van der Waals surface area contributed by atoms with E-state index in [0.29, 0.717) is 4.90 Å². The van der Waals surface area contributed by atoms with Crippen molar-refractivity contribution in [3.63, 3.8) is 0 Å². The highest BCUT2D eigenvalue weighted by Crippen LogP contribution is 2.24. The van der Waals surface area contributed by atoms with Crippen molar-refractivity contribution in [2.45, 2.75) is 10.6 Å². The lowest BCUT2D eigenvalue weighted by Gasteiger charge is -2.07. The molecule has 2 rings (SSSR count). The molecule has 108 valence electrons. The van der Waals surface area contributed by atoms with Gasteiger partial charge in [-0.3, -0.25) is 14.3 Å². The summed E-state index contributed by atoms with van der Waals surface area (Å²) in [6.07, 6.45) is 0. The molecule has 21 heavy (non-hydrogen) atoms. The van der Waals surface area contributed by atoms with E-state index in [0.717, 1.165) is 6.07 Å². The van der Waals surface area contributed by atoms with Crippen LogP contribution in [0.2, 0.25) is 0 Å². The molecule has 1 N–H and O–H groups in total. The number of carboxylic acids is 1. The summed E-state index contributed by atoms with van der Waals surface area (Å²) in [6.45, 7) is 0. The van der Waals surface area contributed by atoms with Gasteiger partial charge >= 0.3 is 5.97 Å². The van der Waals surface area contributed by atoms with Crippen LogP contribution in [-0.4, -0.2) is 20.2 Å². The van der Waals surface area contributed by atoms with Crippen molar-refractivity contribution in [2.24, 2.45) is 0 Å². The van der Waals surface area contributed by atoms with Gasteiger partial charge in [0.25, 0.3) is 5.69 Å². The van der Waals surface area contributed by atoms with E-state index in [4.69, 9.17) is 0 Å². The quantitative estimate of drug-likeness (QED) is 0.676. The van der Waals surface area contributed by atoms with Crippen LogP contribution in [0.15, 0.2) is 53.4 Å². The molecule has 0 aliphatic rings. The molecule has 2 aromatic rings. The Labute approximate surface area is 122 Å². The molecule has 0 saturated heterocycles. The Morgan fingerprint density at radius 3 is 2.38 bits per heavy atom. The van der Waals surface area contributed by atoms with Gasteiger partial charge in [0, 0.05) is 11.0 Å². The maximum Gasteiger partial charge on any atom is 0.343 e. The van der Waals surface area contributed by atoms with E-state index >= 15 is 0 Å². The maximum atomic E-state index is 12.2. The van der Waals surface area contributed by atoms with Crippen LogP contribution in [0.4, 0.5) is 5.69 Å². The smallest absolute Gasteiger partial charge is 0.343 e. The molecule has 2 aromatic carbocycles. The number of aromatic carboxylic acids is 1. The number of carboxylic acid groups (broad SMARTS) is 1. The summed E-state index contributed by atoms with van der Waals surface area (Å²) >= 11 is 0. The van der Waals surface area contributed by atoms with Crippen LogP contribution in [-0.2, 0) is 16.6 Å². The summed E-state index contributed by atoms with van der Waals surface area (Å²) < 4.78 is 12.2. The van der Waals surface area contributed by atoms with E-state index in [1.165, 1.54) is 12.1 Å². The predicted octanol–water partition coefficient (Wildman–Crippen LogP) is 2.60. The van der Waals surface area contributed by atoms with Crippen molar-refractivity contribution in [2.75, 3.05) is 0 Å². The highest BCUT2D eigenvalue weighted by atomic mass is 32.2. The summed E-state index contributed by atoms with van der Waals surface area (Å²) in [5.41, 5.74) is -0.726. The molecule has 6 nitrogen and oxygen atoms in total. The molecule has 0 fully saturated rings. The average Bonchev–Trinajstić information content (AvgIpc) is 2.47. The lowest BCUT2D eigenvalue weighted by molar-refractivity contribution is -0.385. The van der Waals surface area contributed by atoms with Crippen molar-refractivity contribution in [1.82, 2.24) is 0 Å². The molecular formula is C14H11NO5S. The number of nitrogens with zero attached hydrogens (tertiary/aromatic N) is 1. The van der Waals surface area contributed by atoms with Crippen molar-refractivity contribution >= 4 is 22.5 Å². The van der Waals surface area contributed by atoms with E-state index in [2.05, 4.69) is 0 Å². The zero-order chi connectivity index (χ0) is 15.4. The molecule has 0 saturated carbocycles. The van der Waals surface area contributed by atoms with Crippen LogP contribution in [0, 0.1) is 10.1 Å². The molecule has 0 radical (unpaired) electrons. The Kier molecular flexibility index (Phi) is 4.44. The highest BCUT2D eigenvalue weighted by molar-refractivity contribution is 7.84. The SMILES string of the molecule is O=C(O)c1c(CS(=O)c2ccccc2)cccc1[N+](=O)[O-]. The van der Waals surface area contributed by atoms with Gasteiger partial charge in [-0.1, -0.05) is 30.3 Å². The molecular weight excluding hydrogens is 294 g/mol. The summed E-state index contributed by atoms with van der Waals surface area (Å²) in [7, 11) is -1.47. The van der Waals surface area contributed by atoms with Crippen LogP contribution in [0.1, 0.15) is 15.9 Å². The van der Waals surface area contributed by atoms with E-state index in [-0.39, 0.29) is 11.3 Å². The Bertz CT molecular complexity index is 715. The van der Waals surface area contributed by atoms with Crippen LogP contribution in [0.3, 0.4) is 0 Å². The van der Waals surface area contributed by atoms with Crippen molar-refractivity contribution in [3.05, 3.63) is 69.8 Å². The minimum absolute atomic E-state index is 0.0900. The van der Waals surface area contributed by atoms with E-state index < -0.39 is 32.9 Å². The van der Waals surface area contributed by atoms with E-state index in [1.54, 1.807) is 30.3 Å². The first kappa shape index (κ1) is 14.9. The largest absolute Gasteiger partial charge is 0.477 e. The average molecular weight is 305 g/mol. The fourth-order valence-electron chi connectivity index (χ4n) is 1.90. The fraction of sp³-hybridized carbons (Fsp3) is 0.0714. The number of rotatable bonds is 5. The number of hydrogen-bond donors (Lipinski definition) is 1. The van der Waals surface area contributed by atoms with Gasteiger partial charge in [0.05, 0.1) is 21.5 Å². The standard InChI is InChI=1S/C14H11NO5S/c16-14(17)13-10(5-4-8-12(13)15(18)19)9-21(20)11-6-2-1-3-7-11/h1-8H,9H2,(H,16,17). The lowest BCUT2D eigenvalue weighted by atomic mass is 10.1. The molecule has 1 atom stereocenters. The van der Waals surface area contributed by atoms with Gasteiger partial charge in [0.1, 0.15) is 5.56 Å². The molecule has 0 spiro atoms. The van der Waals surface area contributed by atoms with Crippen LogP contribution < -0.4 is 0 Å². The third-order valence-corrected chi connectivity index (χ3v) is 4.20. The zero-order valence-corrected chi connectivity index (χ0v) is 11.6. The summed E-state index contributed by atoms with van der Waals surface area (Å²) in [5, 5.41) is 20.1. The topological polar surface area (TPSA) is 97.5 Å². The molecule has 1 unspecified atom stereocenters. The lowest BCUT2D eigenvalue weighted by Crippen LogP contribution is -2.09. The monoisotopic (exact) mass is 305 g/mol. The third kappa shape index (κ3) is 3.32. The summed E-state index contributed by atoms with van der Waals surface area (Å²) in [6, 6.07) is 12.5. The zero-order valence-electron chi connectivity index (χ0n) is 10.8. The van der Waals surface area contributed by atoms with Crippen LogP contribution >= 0.6 is 0 Å². The Hall–Kier alpha value is -2.54. The van der Waals surface area contributed by atoms with Gasteiger partial charge in [-0.2, -0.15) is 0 Å². The second kappa shape index (κ2) is 6.27. The summed E-state index contributed by atoms with van der Waals surface area (Å²) in [5.74, 6) is -1.49. The first-order valence-corrected chi connectivity index (χ1v) is 7.25. The summed E-state index contributed by atoms with van der Waals surface area (Å²) in [4.78, 5) is 22.0. The number of carbonyl (C=O) groups is 1. The molecule has 7 heteroatoms. The van der Waals surface area contributed by atoms with Crippen LogP contribution in [0.25, 0.3) is 0 Å². The van der Waals surface area contributed by atoms with Gasteiger partial charge in [0.2, 0.25) is 0 Å². The van der Waals surface area contributed by atoms with Gasteiger partial charge in [-0.15, -0.1) is 0 Å². The molecule has 0 aliphatic carbocycles. The van der Waals surface area contributed by atoms with Gasteiger partial charge in [-0.25, -0.2) is 4.79 Å². The normalized spacial score (nSPS) is 11.8. The van der Waals surface area contributed by atoms with Crippen molar-refractivity contribution in [1.29, 1.82) is 0 Å². The van der Waals surface area contributed by atoms with Gasteiger partial charge < -0.3 is 5.11 Å². The first-order valence-electron chi connectivity index (χ1n) is 5.93. The highest BCUT2D eigenvalue weighted by Gasteiger charge is 2.24. The molecule has 0 heterocycles. The number of nitro benzene ring substituents is 1. The molecule has 0 aromatic heterocycles. The minimum Gasteiger partial charge on any atom is -0.477 e. The Morgan fingerprint density at radius 2 is 1.81 bits per heavy atom. The Morgan fingerprint density at radius 1 is 1.14 bits per heavy atom. The molecule has 0 aliphatic heterocycles. The van der Waals surface area contributed by atoms with Gasteiger partial charge in [0.15, 0.2) is 0 Å². The van der Waals surface area contributed by atoms with Crippen molar-refractivity contribution in [3.8, 4) is 0 Å². The van der Waals surface area contributed by atoms with E-state index in [9.17, 15) is 24.2 Å². The minimum atomic E-state index is -1.47. The van der Waals surface area contributed by atoms with Crippen molar-refractivity contribution < 1.29 is 19.0 Å². The van der Waals surface area contributed by atoms with Crippen LogP contribution in [0.5, 0.6) is 0 Å². The predicted molar refractivity (Wildman–Crippen MR) is 76.6 cm³/mol. The molecule has 0 amide bonds. The second-order valence-electron chi connectivity index (χ2n) is 4.18. The third-order valence-electron chi connectivity index (χ3n) is 2.83. The maximum absolute atomic E-state index is 12.2.